The van der Waals surface area contributed by atoms with Crippen LogP contribution in [0.5, 0.6) is 0 Å². The zero-order valence-corrected chi connectivity index (χ0v) is 10.7. The number of anilines is 1. The van der Waals surface area contributed by atoms with E-state index in [-0.39, 0.29) is 0 Å². The second-order valence-electron chi connectivity index (χ2n) is 4.23. The molecule has 0 amide bonds. The standard InChI is InChI=1S/C12H17BrN2/c1-15(10-5-3-2-4-6-10)12-7-8-14-9-11(12)13/h7-10H,2-6H2,1H3. The van der Waals surface area contributed by atoms with Crippen LogP contribution in [0.2, 0.25) is 0 Å². The van der Waals surface area contributed by atoms with Crippen molar-refractivity contribution in [2.75, 3.05) is 11.9 Å². The van der Waals surface area contributed by atoms with Crippen LogP contribution in [0.3, 0.4) is 0 Å². The smallest absolute Gasteiger partial charge is 0.0592 e. The number of hydrogen-bond donors (Lipinski definition) is 0. The molecule has 0 N–H and O–H groups in total. The summed E-state index contributed by atoms with van der Waals surface area (Å²) in [6, 6.07) is 2.79. The van der Waals surface area contributed by atoms with E-state index in [0.29, 0.717) is 6.04 Å². The molecule has 0 aliphatic heterocycles. The van der Waals surface area contributed by atoms with Crippen molar-refractivity contribution in [2.45, 2.75) is 38.1 Å². The lowest BCUT2D eigenvalue weighted by atomic mass is 9.94. The summed E-state index contributed by atoms with van der Waals surface area (Å²) < 4.78 is 1.10. The van der Waals surface area contributed by atoms with Crippen LogP contribution in [0.4, 0.5) is 5.69 Å². The Morgan fingerprint density at radius 3 is 2.73 bits per heavy atom. The molecule has 0 radical (unpaired) electrons. The number of hydrogen-bond acceptors (Lipinski definition) is 2. The van der Waals surface area contributed by atoms with Crippen LogP contribution in [0, 0.1) is 0 Å². The van der Waals surface area contributed by atoms with Gasteiger partial charge in [-0.2, -0.15) is 0 Å². The fourth-order valence-electron chi connectivity index (χ4n) is 2.32. The van der Waals surface area contributed by atoms with E-state index in [1.807, 2.05) is 12.4 Å². The van der Waals surface area contributed by atoms with E-state index >= 15 is 0 Å². The van der Waals surface area contributed by atoms with Crippen molar-refractivity contribution in [1.82, 2.24) is 4.98 Å². The van der Waals surface area contributed by atoms with Gasteiger partial charge in [0.15, 0.2) is 0 Å². The van der Waals surface area contributed by atoms with Gasteiger partial charge < -0.3 is 4.90 Å². The molecule has 1 saturated carbocycles. The van der Waals surface area contributed by atoms with Crippen molar-refractivity contribution in [3.05, 3.63) is 22.9 Å². The maximum atomic E-state index is 4.10. The average molecular weight is 269 g/mol. The largest absolute Gasteiger partial charge is 0.371 e. The van der Waals surface area contributed by atoms with Crippen molar-refractivity contribution in [3.63, 3.8) is 0 Å². The van der Waals surface area contributed by atoms with E-state index in [2.05, 4.69) is 38.9 Å². The van der Waals surface area contributed by atoms with E-state index < -0.39 is 0 Å². The minimum absolute atomic E-state index is 0.706. The molecule has 0 atom stereocenters. The van der Waals surface area contributed by atoms with Crippen molar-refractivity contribution in [1.29, 1.82) is 0 Å². The first-order valence-corrected chi connectivity index (χ1v) is 6.40. The number of pyridine rings is 1. The van der Waals surface area contributed by atoms with Crippen molar-refractivity contribution < 1.29 is 0 Å². The van der Waals surface area contributed by atoms with Gasteiger partial charge in [-0.1, -0.05) is 19.3 Å². The fraction of sp³-hybridized carbons (Fsp3) is 0.583. The second-order valence-corrected chi connectivity index (χ2v) is 5.08. The Labute approximate surface area is 99.8 Å². The van der Waals surface area contributed by atoms with E-state index in [0.717, 1.165) is 4.47 Å². The predicted octanol–water partition coefficient (Wildman–Crippen LogP) is 3.61. The Kier molecular flexibility index (Phi) is 3.62. The van der Waals surface area contributed by atoms with Gasteiger partial charge in [-0.3, -0.25) is 4.98 Å². The summed E-state index contributed by atoms with van der Waals surface area (Å²) in [7, 11) is 2.19. The lowest BCUT2D eigenvalue weighted by Crippen LogP contribution is -2.33. The zero-order chi connectivity index (χ0) is 10.7. The highest BCUT2D eigenvalue weighted by molar-refractivity contribution is 9.10. The van der Waals surface area contributed by atoms with Crippen molar-refractivity contribution in [3.8, 4) is 0 Å². The molecule has 1 aromatic rings. The zero-order valence-electron chi connectivity index (χ0n) is 9.12. The van der Waals surface area contributed by atoms with Gasteiger partial charge in [-0.25, -0.2) is 0 Å². The van der Waals surface area contributed by atoms with Crippen LogP contribution >= 0.6 is 15.9 Å². The van der Waals surface area contributed by atoms with E-state index in [1.54, 1.807) is 0 Å². The maximum Gasteiger partial charge on any atom is 0.0592 e. The molecule has 0 saturated heterocycles. The molecule has 0 spiro atoms. The second kappa shape index (κ2) is 4.97. The molecule has 3 heteroatoms. The maximum absolute atomic E-state index is 4.10. The highest BCUT2D eigenvalue weighted by Crippen LogP contribution is 2.30. The van der Waals surface area contributed by atoms with Gasteiger partial charge in [0, 0.05) is 25.5 Å². The van der Waals surface area contributed by atoms with Gasteiger partial charge in [0.05, 0.1) is 10.2 Å². The summed E-state index contributed by atoms with van der Waals surface area (Å²) in [4.78, 5) is 6.49. The Balaban J connectivity index is 2.12. The first-order valence-electron chi connectivity index (χ1n) is 5.61. The molecular formula is C12H17BrN2. The number of rotatable bonds is 2. The topological polar surface area (TPSA) is 16.1 Å². The third kappa shape index (κ3) is 2.51. The van der Waals surface area contributed by atoms with Gasteiger partial charge in [-0.15, -0.1) is 0 Å². The first kappa shape index (κ1) is 10.9. The van der Waals surface area contributed by atoms with Gasteiger partial charge in [-0.05, 0) is 34.8 Å². The summed E-state index contributed by atoms with van der Waals surface area (Å²) in [6.45, 7) is 0. The Hall–Kier alpha value is -0.570. The van der Waals surface area contributed by atoms with Crippen LogP contribution < -0.4 is 4.90 Å². The normalized spacial score (nSPS) is 17.7. The number of nitrogens with zero attached hydrogens (tertiary/aromatic N) is 2. The van der Waals surface area contributed by atoms with Crippen LogP contribution in [0.25, 0.3) is 0 Å². The van der Waals surface area contributed by atoms with Crippen molar-refractivity contribution >= 4 is 21.6 Å². The van der Waals surface area contributed by atoms with E-state index in [9.17, 15) is 0 Å². The molecule has 0 bridgehead atoms. The number of halogens is 1. The van der Waals surface area contributed by atoms with Crippen LogP contribution in [0.15, 0.2) is 22.9 Å². The Morgan fingerprint density at radius 2 is 2.07 bits per heavy atom. The van der Waals surface area contributed by atoms with Gasteiger partial charge >= 0.3 is 0 Å². The SMILES string of the molecule is CN(c1ccncc1Br)C1CCCCC1. The summed E-state index contributed by atoms with van der Waals surface area (Å²) in [5.41, 5.74) is 1.26. The van der Waals surface area contributed by atoms with Gasteiger partial charge in [0.2, 0.25) is 0 Å². The molecule has 1 aliphatic carbocycles. The minimum Gasteiger partial charge on any atom is -0.371 e. The molecular weight excluding hydrogens is 252 g/mol. The monoisotopic (exact) mass is 268 g/mol. The third-order valence-electron chi connectivity index (χ3n) is 3.25. The van der Waals surface area contributed by atoms with E-state index in [4.69, 9.17) is 0 Å². The van der Waals surface area contributed by atoms with Gasteiger partial charge in [0.1, 0.15) is 0 Å². The molecule has 15 heavy (non-hydrogen) atoms. The molecule has 1 fully saturated rings. The fourth-order valence-corrected chi connectivity index (χ4v) is 2.85. The lowest BCUT2D eigenvalue weighted by molar-refractivity contribution is 0.427. The van der Waals surface area contributed by atoms with Crippen LogP contribution in [-0.4, -0.2) is 18.1 Å². The summed E-state index contributed by atoms with van der Waals surface area (Å²) in [5, 5.41) is 0. The molecule has 82 valence electrons. The molecule has 1 heterocycles. The quantitative estimate of drug-likeness (QED) is 0.815. The third-order valence-corrected chi connectivity index (χ3v) is 3.86. The van der Waals surface area contributed by atoms with Crippen LogP contribution in [-0.2, 0) is 0 Å². The molecule has 2 nitrogen and oxygen atoms in total. The summed E-state index contributed by atoms with van der Waals surface area (Å²) in [6.07, 6.45) is 10.5. The Bertz CT molecular complexity index is 321. The molecule has 1 aromatic heterocycles. The summed E-state index contributed by atoms with van der Waals surface area (Å²) in [5.74, 6) is 0. The molecule has 2 rings (SSSR count). The molecule has 0 aromatic carbocycles. The van der Waals surface area contributed by atoms with E-state index in [1.165, 1.54) is 37.8 Å². The first-order chi connectivity index (χ1) is 7.29. The minimum atomic E-state index is 0.706. The number of aromatic nitrogens is 1. The molecule has 1 aliphatic rings. The van der Waals surface area contributed by atoms with Crippen LogP contribution in [0.1, 0.15) is 32.1 Å². The highest BCUT2D eigenvalue weighted by atomic mass is 79.9. The average Bonchev–Trinajstić information content (AvgIpc) is 2.30. The Morgan fingerprint density at radius 1 is 1.33 bits per heavy atom. The summed E-state index contributed by atoms with van der Waals surface area (Å²) >= 11 is 3.56. The van der Waals surface area contributed by atoms with Crippen molar-refractivity contribution in [2.24, 2.45) is 0 Å². The lowest BCUT2D eigenvalue weighted by Gasteiger charge is -2.33. The molecule has 0 unspecified atom stereocenters. The van der Waals surface area contributed by atoms with Gasteiger partial charge in [0.25, 0.3) is 0 Å². The predicted molar refractivity (Wildman–Crippen MR) is 67.2 cm³/mol. The highest BCUT2D eigenvalue weighted by Gasteiger charge is 2.19.